The van der Waals surface area contributed by atoms with Gasteiger partial charge in [0.2, 0.25) is 10.3 Å². The Labute approximate surface area is 142 Å². The average molecular weight is 341 g/mol. The SMILES string of the molecule is CCOC(=S)SCCCc1cc(NC(C)=O)ccc1OCC. The lowest BCUT2D eigenvalue weighted by atomic mass is 10.1. The normalized spacial score (nSPS) is 10.1. The van der Waals surface area contributed by atoms with Crippen molar-refractivity contribution < 1.29 is 14.3 Å². The number of amides is 1. The molecule has 0 saturated heterocycles. The van der Waals surface area contributed by atoms with Crippen molar-refractivity contribution in [3.05, 3.63) is 23.8 Å². The van der Waals surface area contributed by atoms with Gasteiger partial charge in [0.25, 0.3) is 0 Å². The molecule has 0 radical (unpaired) electrons. The predicted molar refractivity (Wildman–Crippen MR) is 96.9 cm³/mol. The number of ether oxygens (including phenoxy) is 2. The van der Waals surface area contributed by atoms with Crippen LogP contribution in [0.2, 0.25) is 0 Å². The van der Waals surface area contributed by atoms with E-state index in [2.05, 4.69) is 5.32 Å². The molecular formula is C16H23NO3S2. The van der Waals surface area contributed by atoms with Gasteiger partial charge in [0.05, 0.1) is 13.2 Å². The molecule has 6 heteroatoms. The van der Waals surface area contributed by atoms with Crippen LogP contribution in [0.3, 0.4) is 0 Å². The summed E-state index contributed by atoms with van der Waals surface area (Å²) in [4.78, 5) is 11.2. The minimum atomic E-state index is -0.0762. The molecule has 0 atom stereocenters. The number of carbonyl (C=O) groups excluding carboxylic acids is 1. The molecule has 0 unspecified atom stereocenters. The molecule has 1 aromatic rings. The minimum absolute atomic E-state index is 0.0762. The summed E-state index contributed by atoms with van der Waals surface area (Å²) >= 11 is 6.64. The lowest BCUT2D eigenvalue weighted by Gasteiger charge is -2.12. The van der Waals surface area contributed by atoms with Gasteiger partial charge in [0.15, 0.2) is 0 Å². The fraction of sp³-hybridized carbons (Fsp3) is 0.500. The van der Waals surface area contributed by atoms with Gasteiger partial charge in [-0.25, -0.2) is 0 Å². The zero-order chi connectivity index (χ0) is 16.4. The summed E-state index contributed by atoms with van der Waals surface area (Å²) in [6.07, 6.45) is 1.83. The van der Waals surface area contributed by atoms with E-state index < -0.39 is 0 Å². The monoisotopic (exact) mass is 341 g/mol. The van der Waals surface area contributed by atoms with Gasteiger partial charge in [-0.1, -0.05) is 11.8 Å². The maximum Gasteiger partial charge on any atom is 0.221 e. The molecule has 122 valence electrons. The first-order chi connectivity index (χ1) is 10.6. The van der Waals surface area contributed by atoms with E-state index in [1.807, 2.05) is 32.0 Å². The van der Waals surface area contributed by atoms with Crippen molar-refractivity contribution >= 4 is 40.0 Å². The fourth-order valence-electron chi connectivity index (χ4n) is 1.93. The van der Waals surface area contributed by atoms with Gasteiger partial charge >= 0.3 is 0 Å². The lowest BCUT2D eigenvalue weighted by Crippen LogP contribution is -2.07. The largest absolute Gasteiger partial charge is 0.494 e. The molecule has 1 N–H and O–H groups in total. The molecule has 0 fully saturated rings. The molecule has 1 aromatic carbocycles. The number of aryl methyl sites for hydroxylation is 1. The summed E-state index contributed by atoms with van der Waals surface area (Å²) in [5, 5.41) is 2.80. The van der Waals surface area contributed by atoms with Crippen LogP contribution in [0.4, 0.5) is 5.69 Å². The van der Waals surface area contributed by atoms with Crippen molar-refractivity contribution in [2.75, 3.05) is 24.3 Å². The highest BCUT2D eigenvalue weighted by atomic mass is 32.2. The molecule has 22 heavy (non-hydrogen) atoms. The summed E-state index contributed by atoms with van der Waals surface area (Å²) < 4.78 is 11.5. The summed E-state index contributed by atoms with van der Waals surface area (Å²) in [5.41, 5.74) is 1.89. The topological polar surface area (TPSA) is 47.6 Å². The van der Waals surface area contributed by atoms with Crippen LogP contribution in [0.1, 0.15) is 32.8 Å². The number of benzene rings is 1. The molecule has 0 saturated carbocycles. The fourth-order valence-corrected chi connectivity index (χ4v) is 2.95. The second-order valence-corrected chi connectivity index (χ2v) is 6.27. The number of hydrogen-bond donors (Lipinski definition) is 1. The highest BCUT2D eigenvalue weighted by Gasteiger charge is 2.07. The van der Waals surface area contributed by atoms with Crippen LogP contribution in [0.15, 0.2) is 18.2 Å². The van der Waals surface area contributed by atoms with Crippen LogP contribution >= 0.6 is 24.0 Å². The Bertz CT molecular complexity index is 506. The Hall–Kier alpha value is -1.27. The highest BCUT2D eigenvalue weighted by molar-refractivity contribution is 8.22. The van der Waals surface area contributed by atoms with Crippen LogP contribution in [0.25, 0.3) is 0 Å². The molecule has 0 bridgehead atoms. The van der Waals surface area contributed by atoms with Crippen LogP contribution < -0.4 is 10.1 Å². The van der Waals surface area contributed by atoms with E-state index in [0.717, 1.165) is 35.6 Å². The van der Waals surface area contributed by atoms with Gasteiger partial charge in [-0.2, -0.15) is 0 Å². The van der Waals surface area contributed by atoms with Crippen molar-refractivity contribution in [2.45, 2.75) is 33.6 Å². The third-order valence-electron chi connectivity index (χ3n) is 2.75. The number of nitrogens with one attached hydrogen (secondary N) is 1. The Balaban J connectivity index is 2.61. The van der Waals surface area contributed by atoms with E-state index in [4.69, 9.17) is 21.7 Å². The first kappa shape index (κ1) is 18.8. The highest BCUT2D eigenvalue weighted by Crippen LogP contribution is 2.25. The molecule has 0 aromatic heterocycles. The third kappa shape index (κ3) is 7.13. The Kier molecular flexibility index (Phi) is 8.92. The standard InChI is InChI=1S/C16H23NO3S2/c1-4-19-15-9-8-14(17-12(3)18)11-13(15)7-6-10-22-16(21)20-5-2/h8-9,11H,4-7,10H2,1-3H3,(H,17,18). The van der Waals surface area contributed by atoms with Crippen molar-refractivity contribution in [1.29, 1.82) is 0 Å². The molecule has 0 aliphatic rings. The maximum absolute atomic E-state index is 11.2. The van der Waals surface area contributed by atoms with Gasteiger partial charge in [0, 0.05) is 18.4 Å². The second kappa shape index (κ2) is 10.5. The van der Waals surface area contributed by atoms with E-state index in [1.165, 1.54) is 6.92 Å². The van der Waals surface area contributed by atoms with Crippen molar-refractivity contribution in [2.24, 2.45) is 0 Å². The number of hydrogen-bond acceptors (Lipinski definition) is 5. The smallest absolute Gasteiger partial charge is 0.221 e. The Morgan fingerprint density at radius 1 is 1.32 bits per heavy atom. The number of thioether (sulfide) groups is 1. The van der Waals surface area contributed by atoms with Gasteiger partial charge in [-0.05, 0) is 62.7 Å². The second-order valence-electron chi connectivity index (χ2n) is 4.57. The lowest BCUT2D eigenvalue weighted by molar-refractivity contribution is -0.114. The van der Waals surface area contributed by atoms with E-state index >= 15 is 0 Å². The molecular weight excluding hydrogens is 318 g/mol. The van der Waals surface area contributed by atoms with Crippen LogP contribution in [-0.2, 0) is 16.0 Å². The minimum Gasteiger partial charge on any atom is -0.494 e. The number of carbonyl (C=O) groups is 1. The Morgan fingerprint density at radius 3 is 2.73 bits per heavy atom. The average Bonchev–Trinajstić information content (AvgIpc) is 2.46. The molecule has 1 rings (SSSR count). The van der Waals surface area contributed by atoms with Crippen molar-refractivity contribution in [3.63, 3.8) is 0 Å². The Morgan fingerprint density at radius 2 is 2.09 bits per heavy atom. The van der Waals surface area contributed by atoms with Crippen molar-refractivity contribution in [3.8, 4) is 5.75 Å². The van der Waals surface area contributed by atoms with E-state index in [9.17, 15) is 4.79 Å². The van der Waals surface area contributed by atoms with Gasteiger partial charge in [-0.3, -0.25) is 4.79 Å². The molecule has 0 spiro atoms. The van der Waals surface area contributed by atoms with Crippen molar-refractivity contribution in [1.82, 2.24) is 0 Å². The van der Waals surface area contributed by atoms with Gasteiger partial charge in [0.1, 0.15) is 5.75 Å². The predicted octanol–water partition coefficient (Wildman–Crippen LogP) is 4.03. The van der Waals surface area contributed by atoms with Gasteiger partial charge < -0.3 is 14.8 Å². The maximum atomic E-state index is 11.2. The van der Waals surface area contributed by atoms with E-state index in [-0.39, 0.29) is 5.91 Å². The van der Waals surface area contributed by atoms with Crippen LogP contribution in [0, 0.1) is 0 Å². The van der Waals surface area contributed by atoms with E-state index in [1.54, 1.807) is 11.8 Å². The molecule has 1 amide bonds. The summed E-state index contributed by atoms with van der Waals surface area (Å²) in [5.74, 6) is 1.69. The number of rotatable bonds is 8. The third-order valence-corrected chi connectivity index (χ3v) is 4.07. The van der Waals surface area contributed by atoms with Crippen LogP contribution in [-0.4, -0.2) is 29.3 Å². The zero-order valence-electron chi connectivity index (χ0n) is 13.3. The molecule has 0 aliphatic carbocycles. The molecule has 0 aliphatic heterocycles. The van der Waals surface area contributed by atoms with E-state index in [0.29, 0.717) is 17.6 Å². The van der Waals surface area contributed by atoms with Crippen LogP contribution in [0.5, 0.6) is 5.75 Å². The number of anilines is 1. The summed E-state index contributed by atoms with van der Waals surface area (Å²) in [6, 6.07) is 5.73. The summed E-state index contributed by atoms with van der Waals surface area (Å²) in [7, 11) is 0. The molecule has 0 heterocycles. The quantitative estimate of drug-likeness (QED) is 0.571. The summed E-state index contributed by atoms with van der Waals surface area (Å²) in [6.45, 7) is 6.62. The number of thiocarbonyl (C=S) groups is 1. The zero-order valence-corrected chi connectivity index (χ0v) is 14.9. The molecule has 4 nitrogen and oxygen atoms in total. The first-order valence-electron chi connectivity index (χ1n) is 7.39. The first-order valence-corrected chi connectivity index (χ1v) is 8.79. The van der Waals surface area contributed by atoms with Gasteiger partial charge in [-0.15, -0.1) is 0 Å².